The molecule has 0 fully saturated rings. The van der Waals surface area contributed by atoms with Crippen molar-refractivity contribution in [3.8, 4) is 0 Å². The minimum Gasteiger partial charge on any atom is -0.444 e. The summed E-state index contributed by atoms with van der Waals surface area (Å²) in [5.41, 5.74) is -0.691. The first-order valence-electron chi connectivity index (χ1n) is 14.4. The van der Waals surface area contributed by atoms with E-state index in [0.717, 1.165) is 25.7 Å². The van der Waals surface area contributed by atoms with Crippen LogP contribution < -0.4 is 16.0 Å². The van der Waals surface area contributed by atoms with Crippen molar-refractivity contribution in [1.29, 1.82) is 0 Å². The molecule has 0 aliphatic rings. The van der Waals surface area contributed by atoms with Crippen LogP contribution in [0.5, 0.6) is 0 Å². The van der Waals surface area contributed by atoms with Crippen LogP contribution in [-0.4, -0.2) is 52.8 Å². The van der Waals surface area contributed by atoms with E-state index in [-0.39, 0.29) is 23.7 Å². The number of carbonyl (C=O) groups excluding carboxylic acids is 3. The standard InChI is InChI=1S/C29H57N3O5/c1-11-13-14-15-16-17-18-22(33)25(21(7)12-2)31-26(34)23(19(3)4)30-27(35)24(20(5)6)32-28(36)37-29(8,9)10/h19-25,33H,11-18H2,1-10H3,(H,30,35)(H,31,34)(H,32,36)/t21-,22?,23-,24-,25-/m0/s1. The molecule has 8 heteroatoms. The molecule has 0 rings (SSSR count). The van der Waals surface area contributed by atoms with Crippen LogP contribution in [0.4, 0.5) is 4.79 Å². The van der Waals surface area contributed by atoms with Gasteiger partial charge in [-0.3, -0.25) is 9.59 Å². The Hall–Kier alpha value is -1.83. The highest BCUT2D eigenvalue weighted by Gasteiger charge is 2.34. The van der Waals surface area contributed by atoms with E-state index < -0.39 is 41.8 Å². The van der Waals surface area contributed by atoms with Crippen LogP contribution in [-0.2, 0) is 14.3 Å². The zero-order valence-electron chi connectivity index (χ0n) is 25.3. The number of unbranched alkanes of at least 4 members (excludes halogenated alkanes) is 5. The minimum atomic E-state index is -0.854. The third-order valence-electron chi connectivity index (χ3n) is 6.70. The van der Waals surface area contributed by atoms with E-state index in [1.54, 1.807) is 20.8 Å². The third kappa shape index (κ3) is 14.6. The summed E-state index contributed by atoms with van der Waals surface area (Å²) in [4.78, 5) is 38.8. The van der Waals surface area contributed by atoms with Crippen LogP contribution in [0.1, 0.15) is 121 Å². The predicted molar refractivity (Wildman–Crippen MR) is 150 cm³/mol. The van der Waals surface area contributed by atoms with Gasteiger partial charge in [0.2, 0.25) is 11.8 Å². The number of nitrogens with one attached hydrogen (secondary N) is 3. The number of alkyl carbamates (subject to hydrolysis) is 1. The smallest absolute Gasteiger partial charge is 0.408 e. The zero-order chi connectivity index (χ0) is 28.8. The van der Waals surface area contributed by atoms with E-state index in [1.165, 1.54) is 19.3 Å². The molecule has 0 aromatic rings. The van der Waals surface area contributed by atoms with E-state index in [9.17, 15) is 19.5 Å². The van der Waals surface area contributed by atoms with Crippen LogP contribution >= 0.6 is 0 Å². The third-order valence-corrected chi connectivity index (χ3v) is 6.70. The molecule has 0 aromatic heterocycles. The normalized spacial score (nSPS) is 16.0. The molecule has 0 saturated carbocycles. The van der Waals surface area contributed by atoms with Crippen LogP contribution in [0.25, 0.3) is 0 Å². The summed E-state index contributed by atoms with van der Waals surface area (Å²) in [7, 11) is 0. The number of hydrogen-bond acceptors (Lipinski definition) is 5. The Morgan fingerprint density at radius 1 is 0.757 bits per heavy atom. The molecule has 218 valence electrons. The molecule has 37 heavy (non-hydrogen) atoms. The van der Waals surface area contributed by atoms with Gasteiger partial charge in [-0.05, 0) is 44.9 Å². The average Bonchev–Trinajstić information content (AvgIpc) is 2.79. The zero-order valence-corrected chi connectivity index (χ0v) is 25.3. The van der Waals surface area contributed by atoms with Gasteiger partial charge >= 0.3 is 6.09 Å². The second kappa shape index (κ2) is 17.6. The van der Waals surface area contributed by atoms with Gasteiger partial charge in [-0.2, -0.15) is 0 Å². The Balaban J connectivity index is 5.33. The molecule has 0 bridgehead atoms. The molecule has 0 radical (unpaired) electrons. The molecule has 0 saturated heterocycles. The molecule has 3 amide bonds. The van der Waals surface area contributed by atoms with Gasteiger partial charge in [0, 0.05) is 0 Å². The van der Waals surface area contributed by atoms with Gasteiger partial charge in [0.15, 0.2) is 0 Å². The highest BCUT2D eigenvalue weighted by molar-refractivity contribution is 5.91. The molecule has 5 atom stereocenters. The Kier molecular flexibility index (Phi) is 16.8. The topological polar surface area (TPSA) is 117 Å². The lowest BCUT2D eigenvalue weighted by molar-refractivity contribution is -0.132. The lowest BCUT2D eigenvalue weighted by atomic mass is 9.90. The lowest BCUT2D eigenvalue weighted by Crippen LogP contribution is -2.59. The van der Waals surface area contributed by atoms with Gasteiger partial charge in [0.05, 0.1) is 12.1 Å². The Labute approximate surface area is 226 Å². The van der Waals surface area contributed by atoms with Crippen molar-refractivity contribution in [2.24, 2.45) is 17.8 Å². The van der Waals surface area contributed by atoms with Crippen molar-refractivity contribution in [1.82, 2.24) is 16.0 Å². The maximum Gasteiger partial charge on any atom is 0.408 e. The molecule has 0 spiro atoms. The maximum absolute atomic E-state index is 13.4. The number of aliphatic hydroxyl groups excluding tert-OH is 1. The molecule has 8 nitrogen and oxygen atoms in total. The van der Waals surface area contributed by atoms with E-state index in [1.807, 2.05) is 41.5 Å². The van der Waals surface area contributed by atoms with Crippen molar-refractivity contribution >= 4 is 17.9 Å². The average molecular weight is 528 g/mol. The van der Waals surface area contributed by atoms with Crippen LogP contribution in [0.15, 0.2) is 0 Å². The monoisotopic (exact) mass is 527 g/mol. The summed E-state index contributed by atoms with van der Waals surface area (Å²) in [6, 6.07) is -2.05. The van der Waals surface area contributed by atoms with Gasteiger partial charge in [0.1, 0.15) is 17.7 Å². The van der Waals surface area contributed by atoms with Crippen LogP contribution in [0.3, 0.4) is 0 Å². The molecule has 1 unspecified atom stereocenters. The van der Waals surface area contributed by atoms with Crippen molar-refractivity contribution in [3.05, 3.63) is 0 Å². The number of aliphatic hydroxyl groups is 1. The predicted octanol–water partition coefficient (Wildman–Crippen LogP) is 5.32. The molecule has 0 heterocycles. The number of ether oxygens (including phenoxy) is 1. The number of hydrogen-bond donors (Lipinski definition) is 4. The summed E-state index contributed by atoms with van der Waals surface area (Å²) in [5.74, 6) is -1.08. The molecule has 0 aliphatic heterocycles. The highest BCUT2D eigenvalue weighted by Crippen LogP contribution is 2.18. The highest BCUT2D eigenvalue weighted by atomic mass is 16.6. The fourth-order valence-corrected chi connectivity index (χ4v) is 4.19. The summed E-state index contributed by atoms with van der Waals surface area (Å²) in [5, 5.41) is 19.5. The summed E-state index contributed by atoms with van der Waals surface area (Å²) in [6.45, 7) is 18.9. The van der Waals surface area contributed by atoms with E-state index in [0.29, 0.717) is 6.42 Å². The van der Waals surface area contributed by atoms with Crippen LogP contribution in [0.2, 0.25) is 0 Å². The first-order chi connectivity index (χ1) is 17.1. The van der Waals surface area contributed by atoms with Gasteiger partial charge in [-0.25, -0.2) is 4.79 Å². The largest absolute Gasteiger partial charge is 0.444 e. The first kappa shape index (κ1) is 35.2. The Morgan fingerprint density at radius 3 is 1.73 bits per heavy atom. The Bertz CT molecular complexity index is 675. The number of carbonyl (C=O) groups is 3. The van der Waals surface area contributed by atoms with E-state index in [2.05, 4.69) is 22.9 Å². The molecular formula is C29H57N3O5. The van der Waals surface area contributed by atoms with Gasteiger partial charge in [-0.1, -0.05) is 93.4 Å². The Morgan fingerprint density at radius 2 is 1.24 bits per heavy atom. The van der Waals surface area contributed by atoms with Gasteiger partial charge in [-0.15, -0.1) is 0 Å². The van der Waals surface area contributed by atoms with Crippen molar-refractivity contribution in [2.75, 3.05) is 0 Å². The quantitative estimate of drug-likeness (QED) is 0.191. The maximum atomic E-state index is 13.4. The van der Waals surface area contributed by atoms with E-state index >= 15 is 0 Å². The second-order valence-corrected chi connectivity index (χ2v) is 12.1. The van der Waals surface area contributed by atoms with E-state index in [4.69, 9.17) is 4.74 Å². The van der Waals surface area contributed by atoms with Crippen molar-refractivity contribution in [2.45, 2.75) is 150 Å². The SMILES string of the molecule is CCCCCCCCC(O)[C@@H](NC(=O)[C@@H](NC(=O)[C@@H](NC(=O)OC(C)(C)C)C(C)C)C(C)C)[C@@H](C)CC. The minimum absolute atomic E-state index is 0.0832. The summed E-state index contributed by atoms with van der Waals surface area (Å²) < 4.78 is 5.31. The number of rotatable bonds is 17. The fourth-order valence-electron chi connectivity index (χ4n) is 4.19. The molecular weight excluding hydrogens is 470 g/mol. The summed E-state index contributed by atoms with van der Waals surface area (Å²) in [6.07, 6.45) is 6.93. The van der Waals surface area contributed by atoms with Crippen LogP contribution in [0, 0.1) is 17.8 Å². The second-order valence-electron chi connectivity index (χ2n) is 12.1. The molecule has 0 aromatic carbocycles. The van der Waals surface area contributed by atoms with Crippen molar-refractivity contribution < 1.29 is 24.2 Å². The van der Waals surface area contributed by atoms with Gasteiger partial charge in [0.25, 0.3) is 0 Å². The summed E-state index contributed by atoms with van der Waals surface area (Å²) >= 11 is 0. The van der Waals surface area contributed by atoms with Crippen molar-refractivity contribution in [3.63, 3.8) is 0 Å². The molecule has 0 aliphatic carbocycles. The lowest BCUT2D eigenvalue weighted by Gasteiger charge is -2.32. The first-order valence-corrected chi connectivity index (χ1v) is 14.4. The number of amides is 3. The fraction of sp³-hybridized carbons (Fsp3) is 0.897. The van der Waals surface area contributed by atoms with Gasteiger partial charge < -0.3 is 25.8 Å². The molecule has 4 N–H and O–H groups in total.